The zero-order chi connectivity index (χ0) is 31.2. The number of alkyl halides is 2. The predicted octanol–water partition coefficient (Wildman–Crippen LogP) is 3.79. The van der Waals surface area contributed by atoms with E-state index in [1.807, 2.05) is 20.8 Å². The minimum atomic E-state index is -3.06. The number of nitrogens with one attached hydrogen (secondary N) is 1. The van der Waals surface area contributed by atoms with Gasteiger partial charge in [0.2, 0.25) is 5.91 Å². The molecule has 0 radical (unpaired) electrons. The summed E-state index contributed by atoms with van der Waals surface area (Å²) >= 11 is 0. The van der Waals surface area contributed by atoms with Crippen molar-refractivity contribution in [2.45, 2.75) is 57.7 Å². The molecule has 2 fully saturated rings. The molecule has 1 aromatic heterocycles. The van der Waals surface area contributed by atoms with Crippen molar-refractivity contribution >= 4 is 28.8 Å². The number of fused-ring (bicyclic) bond motifs is 1. The third kappa shape index (κ3) is 8.73. The minimum Gasteiger partial charge on any atom is -0.494 e. The molecule has 1 N–H and O–H groups in total. The highest BCUT2D eigenvalue weighted by Crippen LogP contribution is 2.31. The number of likely N-dealkylation sites (tertiary alicyclic amines) is 1. The van der Waals surface area contributed by atoms with Gasteiger partial charge in [0.05, 0.1) is 30.8 Å². The van der Waals surface area contributed by atoms with Crippen LogP contribution in [0.3, 0.4) is 0 Å². The van der Waals surface area contributed by atoms with Crippen molar-refractivity contribution in [3.8, 4) is 5.75 Å². The van der Waals surface area contributed by atoms with E-state index in [1.54, 1.807) is 23.1 Å². The van der Waals surface area contributed by atoms with E-state index in [9.17, 15) is 23.2 Å². The number of pyridine rings is 1. The molecule has 0 bridgehead atoms. The van der Waals surface area contributed by atoms with Gasteiger partial charge >= 0.3 is 12.3 Å². The summed E-state index contributed by atoms with van der Waals surface area (Å²) in [5.41, 5.74) is 0.294. The molecule has 0 spiro atoms. The summed E-state index contributed by atoms with van der Waals surface area (Å²) in [6.45, 7) is 15.4. The van der Waals surface area contributed by atoms with Gasteiger partial charge in [-0.1, -0.05) is 0 Å². The minimum absolute atomic E-state index is 0.112. The van der Waals surface area contributed by atoms with E-state index < -0.39 is 49.0 Å². The first-order chi connectivity index (χ1) is 20.3. The number of halogens is 2. The molecule has 3 heterocycles. The third-order valence-electron chi connectivity index (χ3n) is 7.27. The van der Waals surface area contributed by atoms with Crippen molar-refractivity contribution in [1.82, 2.24) is 25.0 Å². The Balaban J connectivity index is 1.27. The molecule has 232 valence electrons. The van der Waals surface area contributed by atoms with E-state index in [0.29, 0.717) is 36.3 Å². The van der Waals surface area contributed by atoms with Crippen molar-refractivity contribution in [2.24, 2.45) is 0 Å². The maximum absolute atomic E-state index is 13.9. The fourth-order valence-electron chi connectivity index (χ4n) is 5.04. The Morgan fingerprint density at radius 2 is 1.91 bits per heavy atom. The van der Waals surface area contributed by atoms with Gasteiger partial charge in [0.1, 0.15) is 11.4 Å². The first-order valence-electron chi connectivity index (χ1n) is 14.4. The molecule has 1 atom stereocenters. The van der Waals surface area contributed by atoms with Crippen LogP contribution < -0.4 is 10.1 Å². The van der Waals surface area contributed by atoms with Crippen LogP contribution in [0.1, 0.15) is 50.4 Å². The summed E-state index contributed by atoms with van der Waals surface area (Å²) in [5, 5.41) is 3.02. The van der Waals surface area contributed by atoms with Crippen LogP contribution in [0, 0.1) is 6.57 Å². The van der Waals surface area contributed by atoms with Crippen LogP contribution in [0.2, 0.25) is 0 Å². The Kier molecular flexibility index (Phi) is 10.0. The third-order valence-corrected chi connectivity index (χ3v) is 7.27. The van der Waals surface area contributed by atoms with Gasteiger partial charge in [-0.05, 0) is 51.5 Å². The molecule has 0 saturated carbocycles. The van der Waals surface area contributed by atoms with E-state index in [-0.39, 0.29) is 18.1 Å². The molecule has 2 aliphatic rings. The number of piperazine rings is 1. The normalized spacial score (nSPS) is 19.0. The van der Waals surface area contributed by atoms with E-state index >= 15 is 0 Å². The van der Waals surface area contributed by atoms with E-state index in [1.165, 1.54) is 12.3 Å². The van der Waals surface area contributed by atoms with E-state index in [0.717, 1.165) is 31.0 Å². The molecule has 0 unspecified atom stereocenters. The maximum Gasteiger partial charge on any atom is 0.410 e. The molecule has 2 saturated heterocycles. The smallest absolute Gasteiger partial charge is 0.410 e. The zero-order valence-electron chi connectivity index (χ0n) is 24.8. The van der Waals surface area contributed by atoms with Crippen LogP contribution in [0.4, 0.5) is 13.6 Å². The number of benzene rings is 1. The fourth-order valence-corrected chi connectivity index (χ4v) is 5.04. The van der Waals surface area contributed by atoms with Crippen molar-refractivity contribution in [2.75, 3.05) is 52.4 Å². The first kappa shape index (κ1) is 31.9. The summed E-state index contributed by atoms with van der Waals surface area (Å²) in [5.74, 6) is -3.81. The molecule has 13 heteroatoms. The molecular formula is C30H38F2N6O5. The second-order valence-corrected chi connectivity index (χ2v) is 11.8. The molecular weight excluding hydrogens is 562 g/mol. The van der Waals surface area contributed by atoms with Crippen LogP contribution in [0.25, 0.3) is 15.7 Å². The van der Waals surface area contributed by atoms with Crippen LogP contribution >= 0.6 is 0 Å². The number of ether oxygens (including phenoxy) is 2. The molecule has 0 aliphatic carbocycles. The van der Waals surface area contributed by atoms with E-state index in [2.05, 4.69) is 20.0 Å². The van der Waals surface area contributed by atoms with Crippen LogP contribution in [-0.2, 0) is 9.53 Å². The SMILES string of the molecule is [C-]#[N+][C@@H]1CCC(F)(F)CN1C(=O)CNC(=O)c1ccnc2ccc(OCCCN3CCN(C(=O)OC(C)(C)C)CC3)cc12. The van der Waals surface area contributed by atoms with Crippen LogP contribution in [-0.4, -0.2) is 108 Å². The van der Waals surface area contributed by atoms with Gasteiger partial charge in [0, 0.05) is 57.1 Å². The van der Waals surface area contributed by atoms with Crippen LogP contribution in [0.5, 0.6) is 5.75 Å². The number of hydrogen-bond donors (Lipinski definition) is 1. The Bertz CT molecular complexity index is 1370. The number of aromatic nitrogens is 1. The van der Waals surface area contributed by atoms with Gasteiger partial charge in [-0.3, -0.25) is 29.2 Å². The van der Waals surface area contributed by atoms with Gasteiger partial charge in [0.25, 0.3) is 11.8 Å². The Morgan fingerprint density at radius 3 is 2.60 bits per heavy atom. The highest BCUT2D eigenvalue weighted by Gasteiger charge is 2.45. The lowest BCUT2D eigenvalue weighted by Gasteiger charge is -2.35. The lowest BCUT2D eigenvalue weighted by Crippen LogP contribution is -2.53. The quantitative estimate of drug-likeness (QED) is 0.363. The van der Waals surface area contributed by atoms with Gasteiger partial charge in [-0.25, -0.2) is 20.1 Å². The van der Waals surface area contributed by atoms with Crippen molar-refractivity contribution in [3.63, 3.8) is 0 Å². The van der Waals surface area contributed by atoms with Crippen molar-refractivity contribution < 1.29 is 32.6 Å². The maximum atomic E-state index is 13.9. The first-order valence-corrected chi connectivity index (χ1v) is 14.4. The lowest BCUT2D eigenvalue weighted by molar-refractivity contribution is -0.144. The van der Waals surface area contributed by atoms with Crippen molar-refractivity contribution in [1.29, 1.82) is 0 Å². The van der Waals surface area contributed by atoms with Gasteiger partial charge < -0.3 is 19.7 Å². The molecule has 3 amide bonds. The van der Waals surface area contributed by atoms with Gasteiger partial charge in [0.15, 0.2) is 0 Å². The van der Waals surface area contributed by atoms with Crippen LogP contribution in [0.15, 0.2) is 30.5 Å². The number of hydrogen-bond acceptors (Lipinski definition) is 7. The van der Waals surface area contributed by atoms with Crippen molar-refractivity contribution in [3.05, 3.63) is 47.4 Å². The topological polar surface area (TPSA) is 109 Å². The molecule has 4 rings (SSSR count). The molecule has 11 nitrogen and oxygen atoms in total. The lowest BCUT2D eigenvalue weighted by atomic mass is 10.0. The summed E-state index contributed by atoms with van der Waals surface area (Å²) in [7, 11) is 0. The molecule has 1 aromatic carbocycles. The highest BCUT2D eigenvalue weighted by molar-refractivity contribution is 6.07. The summed E-state index contributed by atoms with van der Waals surface area (Å²) in [6.07, 6.45) is 0.416. The Hall–Kier alpha value is -4.05. The van der Waals surface area contributed by atoms with E-state index in [4.69, 9.17) is 16.0 Å². The zero-order valence-corrected chi connectivity index (χ0v) is 24.8. The monoisotopic (exact) mass is 600 g/mol. The molecule has 43 heavy (non-hydrogen) atoms. The average Bonchev–Trinajstić information content (AvgIpc) is 2.96. The summed E-state index contributed by atoms with van der Waals surface area (Å²) in [6, 6.07) is 6.72. The average molecular weight is 601 g/mol. The Morgan fingerprint density at radius 1 is 1.16 bits per heavy atom. The molecule has 2 aromatic rings. The second kappa shape index (κ2) is 13.5. The number of amides is 3. The summed E-state index contributed by atoms with van der Waals surface area (Å²) < 4.78 is 39.1. The Labute approximate surface area is 249 Å². The number of rotatable bonds is 8. The number of nitrogens with zero attached hydrogens (tertiary/aromatic N) is 5. The molecule has 2 aliphatic heterocycles. The standard InChI is InChI=1S/C30H38F2N6O5/c1-29(2,3)43-28(41)37-15-13-36(14-16-37)12-5-17-42-21-6-7-24-23(18-21)22(9-11-34-24)27(40)35-19-26(39)38-20-30(31,32)10-8-25(38)33-4/h6-7,9,11,18,25H,5,8,10,12-17,19-20H2,1-3H3,(H,35,40)/t25-/m0/s1. The number of piperidine rings is 1. The summed E-state index contributed by atoms with van der Waals surface area (Å²) in [4.78, 5) is 50.3. The number of carbonyl (C=O) groups is 3. The van der Waals surface area contributed by atoms with Gasteiger partial charge in [-0.2, -0.15) is 0 Å². The van der Waals surface area contributed by atoms with Gasteiger partial charge in [-0.15, -0.1) is 0 Å². The largest absolute Gasteiger partial charge is 0.494 e. The predicted molar refractivity (Wildman–Crippen MR) is 155 cm³/mol. The number of carbonyl (C=O) groups excluding carboxylic acids is 3. The second-order valence-electron chi connectivity index (χ2n) is 11.8. The fraction of sp³-hybridized carbons (Fsp3) is 0.567. The highest BCUT2D eigenvalue weighted by atomic mass is 19.3.